The molecular formula is C8H10N2O. The number of hydrogen-bond acceptors (Lipinski definition) is 2. The van der Waals surface area contributed by atoms with Crippen LogP contribution in [0.5, 0.6) is 0 Å². The zero-order valence-electron chi connectivity index (χ0n) is 6.13. The van der Waals surface area contributed by atoms with Crippen molar-refractivity contribution in [2.45, 2.75) is 12.8 Å². The standard InChI is InChI=1S/C8H10N2O/c9-7-3-1-6(2-4-7)5-8(10)11/h1-3,9H,4-5H2,(H2,10,11). The first-order valence-electron chi connectivity index (χ1n) is 3.41. The predicted octanol–water partition coefficient (Wildman–Crippen LogP) is 0.768. The van der Waals surface area contributed by atoms with Crippen LogP contribution in [-0.2, 0) is 4.79 Å². The Morgan fingerprint density at radius 3 is 2.82 bits per heavy atom. The number of carbonyl (C=O) groups excluding carboxylic acids is 1. The van der Waals surface area contributed by atoms with E-state index in [0.29, 0.717) is 12.1 Å². The zero-order valence-corrected chi connectivity index (χ0v) is 6.13. The Hall–Kier alpha value is -1.38. The average molecular weight is 150 g/mol. The number of allylic oxidation sites excluding steroid dienone is 3. The highest BCUT2D eigenvalue weighted by Gasteiger charge is 2.02. The number of amides is 1. The molecule has 0 saturated heterocycles. The molecule has 0 spiro atoms. The Balaban J connectivity index is 2.56. The Morgan fingerprint density at radius 1 is 1.64 bits per heavy atom. The van der Waals surface area contributed by atoms with E-state index in [0.717, 1.165) is 5.57 Å². The van der Waals surface area contributed by atoms with Gasteiger partial charge in [-0.3, -0.25) is 4.79 Å². The van der Waals surface area contributed by atoms with Gasteiger partial charge in [0.15, 0.2) is 0 Å². The molecule has 1 aliphatic carbocycles. The summed E-state index contributed by atoms with van der Waals surface area (Å²) in [5, 5.41) is 7.21. The first-order chi connectivity index (χ1) is 5.18. The van der Waals surface area contributed by atoms with E-state index in [1.165, 1.54) is 0 Å². The summed E-state index contributed by atoms with van der Waals surface area (Å²) >= 11 is 0. The fourth-order valence-corrected chi connectivity index (χ4v) is 0.917. The summed E-state index contributed by atoms with van der Waals surface area (Å²) < 4.78 is 0. The lowest BCUT2D eigenvalue weighted by Gasteiger charge is -2.04. The molecule has 0 aromatic heterocycles. The normalized spacial score (nSPS) is 16.4. The van der Waals surface area contributed by atoms with Crippen molar-refractivity contribution in [2.24, 2.45) is 5.73 Å². The van der Waals surface area contributed by atoms with Crippen molar-refractivity contribution >= 4 is 11.6 Å². The summed E-state index contributed by atoms with van der Waals surface area (Å²) in [6.07, 6.45) is 6.20. The van der Waals surface area contributed by atoms with E-state index in [-0.39, 0.29) is 12.3 Å². The van der Waals surface area contributed by atoms with Gasteiger partial charge in [0.1, 0.15) is 0 Å². The SMILES string of the molecule is N=C1C=CC(CC(N)=O)=CC1. The molecule has 3 N–H and O–H groups in total. The molecule has 0 atom stereocenters. The molecule has 3 nitrogen and oxygen atoms in total. The number of hydrogen-bond donors (Lipinski definition) is 2. The first-order valence-corrected chi connectivity index (χ1v) is 3.41. The van der Waals surface area contributed by atoms with Gasteiger partial charge in [-0.15, -0.1) is 0 Å². The second-order valence-electron chi connectivity index (χ2n) is 2.48. The van der Waals surface area contributed by atoms with E-state index in [2.05, 4.69) is 0 Å². The fourth-order valence-electron chi connectivity index (χ4n) is 0.917. The maximum Gasteiger partial charge on any atom is 0.221 e. The highest BCUT2D eigenvalue weighted by atomic mass is 16.1. The fraction of sp³-hybridized carbons (Fsp3) is 0.250. The summed E-state index contributed by atoms with van der Waals surface area (Å²) in [4.78, 5) is 10.4. The molecule has 0 aromatic rings. The van der Waals surface area contributed by atoms with Crippen molar-refractivity contribution in [1.29, 1.82) is 5.41 Å². The van der Waals surface area contributed by atoms with Gasteiger partial charge in [-0.25, -0.2) is 0 Å². The second-order valence-corrected chi connectivity index (χ2v) is 2.48. The van der Waals surface area contributed by atoms with Gasteiger partial charge in [0.2, 0.25) is 5.91 Å². The van der Waals surface area contributed by atoms with Crippen LogP contribution in [0.15, 0.2) is 23.8 Å². The Kier molecular flexibility index (Phi) is 2.21. The summed E-state index contributed by atoms with van der Waals surface area (Å²) in [6.45, 7) is 0. The molecule has 0 unspecified atom stereocenters. The lowest BCUT2D eigenvalue weighted by atomic mass is 10.0. The van der Waals surface area contributed by atoms with Crippen LogP contribution in [-0.4, -0.2) is 11.6 Å². The van der Waals surface area contributed by atoms with Crippen LogP contribution in [0, 0.1) is 5.41 Å². The van der Waals surface area contributed by atoms with Crippen LogP contribution in [0.25, 0.3) is 0 Å². The minimum absolute atomic E-state index is 0.282. The summed E-state index contributed by atoms with van der Waals surface area (Å²) in [6, 6.07) is 0. The van der Waals surface area contributed by atoms with Gasteiger partial charge in [0, 0.05) is 12.1 Å². The van der Waals surface area contributed by atoms with Crippen LogP contribution < -0.4 is 5.73 Å². The Morgan fingerprint density at radius 2 is 2.36 bits per heavy atom. The van der Waals surface area contributed by atoms with Gasteiger partial charge in [-0.05, 0) is 11.6 Å². The van der Waals surface area contributed by atoms with Crippen LogP contribution in [0.2, 0.25) is 0 Å². The number of nitrogens with two attached hydrogens (primary N) is 1. The molecule has 0 aromatic carbocycles. The van der Waals surface area contributed by atoms with E-state index in [4.69, 9.17) is 11.1 Å². The summed E-state index contributed by atoms with van der Waals surface area (Å²) in [7, 11) is 0. The Bertz CT molecular complexity index is 251. The van der Waals surface area contributed by atoms with Gasteiger partial charge in [-0.2, -0.15) is 0 Å². The third-order valence-electron chi connectivity index (χ3n) is 1.46. The van der Waals surface area contributed by atoms with E-state index in [9.17, 15) is 4.79 Å². The van der Waals surface area contributed by atoms with Crippen LogP contribution >= 0.6 is 0 Å². The maximum absolute atomic E-state index is 10.4. The molecular weight excluding hydrogens is 140 g/mol. The van der Waals surface area contributed by atoms with Gasteiger partial charge in [-0.1, -0.05) is 12.2 Å². The van der Waals surface area contributed by atoms with Gasteiger partial charge in [0.05, 0.1) is 6.42 Å². The van der Waals surface area contributed by atoms with Crippen molar-refractivity contribution in [3.8, 4) is 0 Å². The van der Waals surface area contributed by atoms with Crippen molar-refractivity contribution in [1.82, 2.24) is 0 Å². The molecule has 0 saturated carbocycles. The largest absolute Gasteiger partial charge is 0.369 e. The predicted molar refractivity (Wildman–Crippen MR) is 43.4 cm³/mol. The lowest BCUT2D eigenvalue weighted by molar-refractivity contribution is -0.117. The molecule has 0 radical (unpaired) electrons. The smallest absolute Gasteiger partial charge is 0.221 e. The molecule has 0 fully saturated rings. The molecule has 0 heterocycles. The van der Waals surface area contributed by atoms with E-state index in [1.54, 1.807) is 12.2 Å². The second kappa shape index (κ2) is 3.14. The first kappa shape index (κ1) is 7.72. The number of nitrogens with one attached hydrogen (secondary N) is 1. The minimum Gasteiger partial charge on any atom is -0.369 e. The molecule has 3 heteroatoms. The lowest BCUT2D eigenvalue weighted by Crippen LogP contribution is -2.11. The topological polar surface area (TPSA) is 66.9 Å². The number of rotatable bonds is 2. The third kappa shape index (κ3) is 2.37. The third-order valence-corrected chi connectivity index (χ3v) is 1.46. The van der Waals surface area contributed by atoms with Gasteiger partial charge >= 0.3 is 0 Å². The molecule has 11 heavy (non-hydrogen) atoms. The quantitative estimate of drug-likeness (QED) is 0.599. The van der Waals surface area contributed by atoms with Crippen molar-refractivity contribution < 1.29 is 4.79 Å². The van der Waals surface area contributed by atoms with E-state index >= 15 is 0 Å². The minimum atomic E-state index is -0.325. The van der Waals surface area contributed by atoms with Crippen molar-refractivity contribution in [3.63, 3.8) is 0 Å². The Labute approximate surface area is 65.1 Å². The maximum atomic E-state index is 10.4. The van der Waals surface area contributed by atoms with Gasteiger partial charge in [0.25, 0.3) is 0 Å². The molecule has 1 aliphatic rings. The average Bonchev–Trinajstić information content (AvgIpc) is 1.93. The van der Waals surface area contributed by atoms with Crippen molar-refractivity contribution in [2.75, 3.05) is 0 Å². The van der Waals surface area contributed by atoms with Gasteiger partial charge < -0.3 is 11.1 Å². The number of carbonyl (C=O) groups is 1. The highest BCUT2D eigenvalue weighted by Crippen LogP contribution is 2.10. The molecule has 0 aliphatic heterocycles. The highest BCUT2D eigenvalue weighted by molar-refractivity contribution is 5.95. The number of primary amides is 1. The van der Waals surface area contributed by atoms with Crippen molar-refractivity contribution in [3.05, 3.63) is 23.8 Å². The molecule has 1 rings (SSSR count). The van der Waals surface area contributed by atoms with Crippen LogP contribution in [0.1, 0.15) is 12.8 Å². The van der Waals surface area contributed by atoms with Crippen LogP contribution in [0.3, 0.4) is 0 Å². The van der Waals surface area contributed by atoms with E-state index in [1.807, 2.05) is 6.08 Å². The zero-order chi connectivity index (χ0) is 8.27. The summed E-state index contributed by atoms with van der Waals surface area (Å²) in [5.41, 5.74) is 6.47. The molecule has 58 valence electrons. The molecule has 1 amide bonds. The van der Waals surface area contributed by atoms with E-state index < -0.39 is 0 Å². The monoisotopic (exact) mass is 150 g/mol. The molecule has 0 bridgehead atoms. The summed E-state index contributed by atoms with van der Waals surface area (Å²) in [5.74, 6) is -0.325. The van der Waals surface area contributed by atoms with Crippen LogP contribution in [0.4, 0.5) is 0 Å².